The van der Waals surface area contributed by atoms with E-state index >= 15 is 0 Å². The number of benzene rings is 1. The Hall–Kier alpha value is -1.22. The highest BCUT2D eigenvalue weighted by Crippen LogP contribution is 2.35. The Morgan fingerprint density at radius 3 is 2.95 bits per heavy atom. The van der Waals surface area contributed by atoms with E-state index in [4.69, 9.17) is 9.47 Å². The van der Waals surface area contributed by atoms with E-state index in [1.54, 1.807) is 0 Å². The van der Waals surface area contributed by atoms with Crippen LogP contribution in [0.5, 0.6) is 11.5 Å². The molecule has 3 heteroatoms. The molecule has 0 spiro atoms. The number of hydrogen-bond acceptors (Lipinski definition) is 3. The molecule has 0 saturated heterocycles. The molecule has 112 valence electrons. The van der Waals surface area contributed by atoms with Crippen LogP contribution >= 0.6 is 0 Å². The summed E-state index contributed by atoms with van der Waals surface area (Å²) >= 11 is 0. The zero-order valence-corrected chi connectivity index (χ0v) is 12.9. The van der Waals surface area contributed by atoms with Crippen LogP contribution in [0.15, 0.2) is 18.2 Å². The minimum absolute atomic E-state index is 0.331. The highest BCUT2D eigenvalue weighted by molar-refractivity contribution is 5.45. The van der Waals surface area contributed by atoms with Gasteiger partial charge in [-0.15, -0.1) is 0 Å². The number of ether oxygens (including phenoxy) is 2. The highest BCUT2D eigenvalue weighted by Gasteiger charge is 2.23. The molecule has 0 radical (unpaired) electrons. The lowest BCUT2D eigenvalue weighted by Crippen LogP contribution is -2.22. The van der Waals surface area contributed by atoms with E-state index in [1.807, 2.05) is 6.07 Å². The van der Waals surface area contributed by atoms with Gasteiger partial charge in [-0.2, -0.15) is 0 Å². The van der Waals surface area contributed by atoms with Crippen LogP contribution in [0.4, 0.5) is 0 Å². The molecule has 0 bridgehead atoms. The third kappa shape index (κ3) is 3.89. The molecule has 1 aromatic carbocycles. The summed E-state index contributed by atoms with van der Waals surface area (Å²) in [7, 11) is 0. The standard InChI is InChI=1S/C17H27NO2/c1-4-6-13(3)11-19-14-7-8-15-16(18-9-5-2)12-20-17(15)10-14/h7-8,10,13,16,18H,4-6,9,11-12H2,1-3H3. The first-order valence-electron chi connectivity index (χ1n) is 7.87. The number of nitrogens with one attached hydrogen (secondary N) is 1. The fraction of sp³-hybridized carbons (Fsp3) is 0.647. The van der Waals surface area contributed by atoms with Gasteiger partial charge < -0.3 is 14.8 Å². The quantitative estimate of drug-likeness (QED) is 0.781. The molecule has 2 unspecified atom stereocenters. The van der Waals surface area contributed by atoms with Crippen molar-refractivity contribution < 1.29 is 9.47 Å². The summed E-state index contributed by atoms with van der Waals surface area (Å²) < 4.78 is 11.6. The minimum atomic E-state index is 0.331. The lowest BCUT2D eigenvalue weighted by Gasteiger charge is -2.13. The molecule has 2 rings (SSSR count). The van der Waals surface area contributed by atoms with E-state index in [1.165, 1.54) is 18.4 Å². The fourth-order valence-corrected chi connectivity index (χ4v) is 2.58. The minimum Gasteiger partial charge on any atom is -0.493 e. The molecule has 0 aromatic heterocycles. The van der Waals surface area contributed by atoms with Crippen LogP contribution < -0.4 is 14.8 Å². The molecule has 1 aliphatic heterocycles. The van der Waals surface area contributed by atoms with Crippen molar-refractivity contribution in [1.82, 2.24) is 5.32 Å². The van der Waals surface area contributed by atoms with Gasteiger partial charge in [-0.1, -0.05) is 27.2 Å². The molecular formula is C17H27NO2. The van der Waals surface area contributed by atoms with Gasteiger partial charge in [0, 0.05) is 11.6 Å². The van der Waals surface area contributed by atoms with E-state index in [9.17, 15) is 0 Å². The molecule has 20 heavy (non-hydrogen) atoms. The molecular weight excluding hydrogens is 250 g/mol. The van der Waals surface area contributed by atoms with E-state index in [0.29, 0.717) is 12.0 Å². The maximum absolute atomic E-state index is 5.86. The van der Waals surface area contributed by atoms with E-state index < -0.39 is 0 Å². The average Bonchev–Trinajstić information content (AvgIpc) is 2.85. The summed E-state index contributed by atoms with van der Waals surface area (Å²) in [4.78, 5) is 0. The van der Waals surface area contributed by atoms with Gasteiger partial charge >= 0.3 is 0 Å². The van der Waals surface area contributed by atoms with E-state index in [2.05, 4.69) is 38.2 Å². The molecule has 0 saturated carbocycles. The van der Waals surface area contributed by atoms with Crippen LogP contribution in [0.1, 0.15) is 51.6 Å². The summed E-state index contributed by atoms with van der Waals surface area (Å²) in [5.41, 5.74) is 1.26. The molecule has 0 fully saturated rings. The van der Waals surface area contributed by atoms with Gasteiger partial charge in [-0.05, 0) is 37.4 Å². The van der Waals surface area contributed by atoms with Crippen LogP contribution in [0.25, 0.3) is 0 Å². The van der Waals surface area contributed by atoms with Crippen molar-refractivity contribution in [3.05, 3.63) is 23.8 Å². The van der Waals surface area contributed by atoms with Crippen LogP contribution in [0, 0.1) is 5.92 Å². The van der Waals surface area contributed by atoms with Crippen molar-refractivity contribution >= 4 is 0 Å². The fourth-order valence-electron chi connectivity index (χ4n) is 2.58. The molecule has 1 aromatic rings. The molecule has 0 amide bonds. The second kappa shape index (κ2) is 7.53. The Kier molecular flexibility index (Phi) is 5.72. The summed E-state index contributed by atoms with van der Waals surface area (Å²) in [6.07, 6.45) is 3.56. The van der Waals surface area contributed by atoms with Crippen molar-refractivity contribution in [2.24, 2.45) is 5.92 Å². The second-order valence-electron chi connectivity index (χ2n) is 5.72. The summed E-state index contributed by atoms with van der Waals surface area (Å²) in [5, 5.41) is 3.51. The van der Waals surface area contributed by atoms with Crippen molar-refractivity contribution in [1.29, 1.82) is 0 Å². The summed E-state index contributed by atoms with van der Waals surface area (Å²) in [6, 6.07) is 6.56. The SMILES string of the molecule is CCCNC1COc2cc(OCC(C)CCC)ccc21. The third-order valence-corrected chi connectivity index (χ3v) is 3.72. The monoisotopic (exact) mass is 277 g/mol. The normalized spacial score (nSPS) is 18.4. The Balaban J connectivity index is 1.92. The Bertz CT molecular complexity index is 419. The van der Waals surface area contributed by atoms with Gasteiger partial charge in [0.1, 0.15) is 18.1 Å². The zero-order valence-electron chi connectivity index (χ0n) is 12.9. The summed E-state index contributed by atoms with van der Waals surface area (Å²) in [5.74, 6) is 2.50. The first-order valence-corrected chi connectivity index (χ1v) is 7.87. The van der Waals surface area contributed by atoms with Crippen molar-refractivity contribution in [3.63, 3.8) is 0 Å². The van der Waals surface area contributed by atoms with Crippen LogP contribution in [-0.2, 0) is 0 Å². The van der Waals surface area contributed by atoms with Gasteiger partial charge in [0.05, 0.1) is 12.6 Å². The van der Waals surface area contributed by atoms with Crippen molar-refractivity contribution in [2.75, 3.05) is 19.8 Å². The van der Waals surface area contributed by atoms with Gasteiger partial charge in [-0.25, -0.2) is 0 Å². The molecule has 3 nitrogen and oxygen atoms in total. The number of hydrogen-bond donors (Lipinski definition) is 1. The van der Waals surface area contributed by atoms with Crippen LogP contribution in [-0.4, -0.2) is 19.8 Å². The molecule has 2 atom stereocenters. The van der Waals surface area contributed by atoms with E-state index in [0.717, 1.165) is 37.7 Å². The number of fused-ring (bicyclic) bond motifs is 1. The maximum Gasteiger partial charge on any atom is 0.127 e. The van der Waals surface area contributed by atoms with Crippen LogP contribution in [0.2, 0.25) is 0 Å². The lowest BCUT2D eigenvalue weighted by molar-refractivity contribution is 0.250. The Morgan fingerprint density at radius 1 is 1.35 bits per heavy atom. The van der Waals surface area contributed by atoms with Gasteiger partial charge in [0.2, 0.25) is 0 Å². The number of rotatable bonds is 8. The molecule has 0 aliphatic carbocycles. The Labute approximate surface area is 122 Å². The largest absolute Gasteiger partial charge is 0.493 e. The lowest BCUT2D eigenvalue weighted by atomic mass is 10.1. The van der Waals surface area contributed by atoms with Gasteiger partial charge in [-0.3, -0.25) is 0 Å². The third-order valence-electron chi connectivity index (χ3n) is 3.72. The van der Waals surface area contributed by atoms with Crippen molar-refractivity contribution in [3.8, 4) is 11.5 Å². The molecule has 1 aliphatic rings. The smallest absolute Gasteiger partial charge is 0.127 e. The topological polar surface area (TPSA) is 30.5 Å². The molecule has 1 N–H and O–H groups in total. The molecule has 1 heterocycles. The van der Waals surface area contributed by atoms with E-state index in [-0.39, 0.29) is 0 Å². The average molecular weight is 277 g/mol. The first-order chi connectivity index (χ1) is 9.74. The summed E-state index contributed by atoms with van der Waals surface area (Å²) in [6.45, 7) is 9.16. The maximum atomic E-state index is 5.86. The van der Waals surface area contributed by atoms with Crippen molar-refractivity contribution in [2.45, 2.75) is 46.1 Å². The first kappa shape index (κ1) is 15.2. The van der Waals surface area contributed by atoms with Gasteiger partial charge in [0.25, 0.3) is 0 Å². The Morgan fingerprint density at radius 2 is 2.20 bits per heavy atom. The highest BCUT2D eigenvalue weighted by atomic mass is 16.5. The predicted molar refractivity (Wildman–Crippen MR) is 82.5 cm³/mol. The zero-order chi connectivity index (χ0) is 14.4. The predicted octanol–water partition coefficient (Wildman–Crippen LogP) is 3.93. The van der Waals surface area contributed by atoms with Gasteiger partial charge in [0.15, 0.2) is 0 Å². The van der Waals surface area contributed by atoms with Crippen LogP contribution in [0.3, 0.4) is 0 Å². The second-order valence-corrected chi connectivity index (χ2v) is 5.72.